The minimum Gasteiger partial charge on any atom is -0.493 e. The Morgan fingerprint density at radius 2 is 1.59 bits per heavy atom. The number of carbonyl (C=O) groups excluding carboxylic acids is 1. The summed E-state index contributed by atoms with van der Waals surface area (Å²) in [6.07, 6.45) is 1.03. The summed E-state index contributed by atoms with van der Waals surface area (Å²) >= 11 is 0. The van der Waals surface area contributed by atoms with E-state index >= 15 is 0 Å². The van der Waals surface area contributed by atoms with Crippen LogP contribution in [0.3, 0.4) is 0 Å². The number of hydrogen-bond donors (Lipinski definition) is 2. The van der Waals surface area contributed by atoms with Crippen LogP contribution in [0, 0.1) is 0 Å². The van der Waals surface area contributed by atoms with Crippen molar-refractivity contribution < 1.29 is 24.2 Å². The first-order valence-corrected chi connectivity index (χ1v) is 11.0. The summed E-state index contributed by atoms with van der Waals surface area (Å²) in [5.41, 5.74) is 3.90. The third-order valence-electron chi connectivity index (χ3n) is 5.44. The number of carboxylic acids is 1. The predicted molar refractivity (Wildman–Crippen MR) is 133 cm³/mol. The molecule has 0 aliphatic rings. The van der Waals surface area contributed by atoms with Gasteiger partial charge in [0.2, 0.25) is 0 Å². The fourth-order valence-corrected chi connectivity index (χ4v) is 3.49. The van der Waals surface area contributed by atoms with Gasteiger partial charge in [0.1, 0.15) is 11.8 Å². The lowest BCUT2D eigenvalue weighted by Gasteiger charge is -2.18. The molecule has 0 spiro atoms. The van der Waals surface area contributed by atoms with Crippen LogP contribution < -0.4 is 15.0 Å². The van der Waals surface area contributed by atoms with Crippen molar-refractivity contribution in [3.8, 4) is 5.75 Å². The van der Waals surface area contributed by atoms with Gasteiger partial charge in [0.05, 0.1) is 19.3 Å². The number of rotatable bonds is 11. The van der Waals surface area contributed by atoms with Crippen LogP contribution in [0.1, 0.15) is 21.5 Å². The first-order chi connectivity index (χ1) is 16.4. The number of para-hydroxylation sites is 1. The van der Waals surface area contributed by atoms with Crippen molar-refractivity contribution in [3.05, 3.63) is 89.5 Å². The van der Waals surface area contributed by atoms with Crippen LogP contribution in [0.2, 0.25) is 0 Å². The predicted octanol–water partition coefficient (Wildman–Crippen LogP) is 4.27. The number of benzene rings is 3. The molecule has 0 radical (unpaired) electrons. The van der Waals surface area contributed by atoms with Crippen LogP contribution in [0.4, 0.5) is 11.4 Å². The van der Waals surface area contributed by atoms with E-state index in [1.807, 2.05) is 38.4 Å². The van der Waals surface area contributed by atoms with Crippen molar-refractivity contribution in [1.29, 1.82) is 0 Å². The highest BCUT2D eigenvalue weighted by Gasteiger charge is 2.21. The average molecular weight is 463 g/mol. The number of nitrogens with zero attached hydrogens (tertiary/aromatic N) is 1. The van der Waals surface area contributed by atoms with Gasteiger partial charge in [-0.25, -0.2) is 9.59 Å². The Hall–Kier alpha value is -4.00. The first-order valence-electron chi connectivity index (χ1n) is 11.0. The fourth-order valence-electron chi connectivity index (χ4n) is 3.49. The molecule has 0 heterocycles. The van der Waals surface area contributed by atoms with Gasteiger partial charge in [-0.2, -0.15) is 0 Å². The molecule has 3 rings (SSSR count). The lowest BCUT2D eigenvalue weighted by Crippen LogP contribution is -2.32. The van der Waals surface area contributed by atoms with E-state index < -0.39 is 18.0 Å². The van der Waals surface area contributed by atoms with Gasteiger partial charge in [-0.15, -0.1) is 0 Å². The highest BCUT2D eigenvalue weighted by molar-refractivity contribution is 5.96. The molecule has 2 N–H and O–H groups in total. The second-order valence-corrected chi connectivity index (χ2v) is 8.08. The Morgan fingerprint density at radius 1 is 0.941 bits per heavy atom. The van der Waals surface area contributed by atoms with Gasteiger partial charge in [-0.05, 0) is 47.5 Å². The summed E-state index contributed by atoms with van der Waals surface area (Å²) in [5.74, 6) is -0.813. The van der Waals surface area contributed by atoms with E-state index in [0.717, 1.165) is 23.4 Å². The molecular weight excluding hydrogens is 432 g/mol. The molecule has 0 aliphatic heterocycles. The van der Waals surface area contributed by atoms with Crippen LogP contribution in [-0.4, -0.2) is 50.9 Å². The van der Waals surface area contributed by atoms with Gasteiger partial charge in [0.15, 0.2) is 0 Å². The van der Waals surface area contributed by atoms with Gasteiger partial charge in [0, 0.05) is 38.3 Å². The van der Waals surface area contributed by atoms with Crippen LogP contribution in [0.15, 0.2) is 72.8 Å². The molecule has 3 aromatic carbocycles. The van der Waals surface area contributed by atoms with E-state index in [-0.39, 0.29) is 12.0 Å². The zero-order chi connectivity index (χ0) is 24.5. The van der Waals surface area contributed by atoms with Gasteiger partial charge in [-0.1, -0.05) is 36.4 Å². The standard InChI is InChI=1S/C27H30N2O5/c1-29(2)21-12-8-19(9-13-21)16-17-34-22-14-10-20(11-15-22)18-25(26(30)31)28-24-7-5-4-6-23(24)27(32)33-3/h4-15,25,28H,16-18H2,1-3H3,(H,30,31). The van der Waals surface area contributed by atoms with Crippen molar-refractivity contribution in [2.45, 2.75) is 18.9 Å². The smallest absolute Gasteiger partial charge is 0.339 e. The molecule has 178 valence electrons. The number of carboxylic acid groups (broad SMARTS) is 1. The minimum absolute atomic E-state index is 0.239. The molecule has 0 bridgehead atoms. The number of hydrogen-bond acceptors (Lipinski definition) is 6. The Kier molecular flexibility index (Phi) is 8.51. The first kappa shape index (κ1) is 24.6. The molecule has 0 saturated carbocycles. The third kappa shape index (κ3) is 6.75. The van der Waals surface area contributed by atoms with Gasteiger partial charge in [0.25, 0.3) is 0 Å². The lowest BCUT2D eigenvalue weighted by atomic mass is 10.0. The molecule has 0 fully saturated rings. The van der Waals surface area contributed by atoms with Crippen molar-refractivity contribution in [2.24, 2.45) is 0 Å². The van der Waals surface area contributed by atoms with Crippen molar-refractivity contribution in [1.82, 2.24) is 0 Å². The Morgan fingerprint density at radius 3 is 2.21 bits per heavy atom. The largest absolute Gasteiger partial charge is 0.493 e. The van der Waals surface area contributed by atoms with Gasteiger partial charge < -0.3 is 24.8 Å². The summed E-state index contributed by atoms with van der Waals surface area (Å²) in [5, 5.41) is 12.7. The second-order valence-electron chi connectivity index (χ2n) is 8.08. The quantitative estimate of drug-likeness (QED) is 0.412. The highest BCUT2D eigenvalue weighted by Crippen LogP contribution is 2.20. The zero-order valence-corrected chi connectivity index (χ0v) is 19.7. The average Bonchev–Trinajstić information content (AvgIpc) is 2.84. The molecule has 3 aromatic rings. The Labute approximate surface area is 199 Å². The van der Waals surface area contributed by atoms with E-state index in [0.29, 0.717) is 12.3 Å². The summed E-state index contributed by atoms with van der Waals surface area (Å²) in [6, 6.07) is 21.5. The Bertz CT molecular complexity index is 1090. The number of anilines is 2. The normalized spacial score (nSPS) is 11.4. The van der Waals surface area contributed by atoms with Crippen LogP contribution >= 0.6 is 0 Å². The Balaban J connectivity index is 1.57. The van der Waals surface area contributed by atoms with E-state index in [1.165, 1.54) is 12.7 Å². The molecular formula is C27H30N2O5. The van der Waals surface area contributed by atoms with Crippen LogP contribution in [-0.2, 0) is 22.4 Å². The molecule has 0 saturated heterocycles. The van der Waals surface area contributed by atoms with Gasteiger partial charge >= 0.3 is 11.9 Å². The minimum atomic E-state index is -1.01. The lowest BCUT2D eigenvalue weighted by molar-refractivity contribution is -0.137. The second kappa shape index (κ2) is 11.7. The number of carbonyl (C=O) groups is 2. The summed E-state index contributed by atoms with van der Waals surface area (Å²) in [4.78, 5) is 25.9. The topological polar surface area (TPSA) is 88.1 Å². The molecule has 0 amide bonds. The summed E-state index contributed by atoms with van der Waals surface area (Å²) in [7, 11) is 5.31. The number of esters is 1. The van der Waals surface area contributed by atoms with Crippen LogP contribution in [0.5, 0.6) is 5.75 Å². The van der Waals surface area contributed by atoms with E-state index in [1.54, 1.807) is 24.3 Å². The number of nitrogens with one attached hydrogen (secondary N) is 1. The van der Waals surface area contributed by atoms with Crippen LogP contribution in [0.25, 0.3) is 0 Å². The number of methoxy groups -OCH3 is 1. The molecule has 7 heteroatoms. The summed E-state index contributed by atoms with van der Waals surface area (Å²) < 4.78 is 10.6. The molecule has 0 aliphatic carbocycles. The van der Waals surface area contributed by atoms with E-state index in [9.17, 15) is 14.7 Å². The van der Waals surface area contributed by atoms with Crippen molar-refractivity contribution in [3.63, 3.8) is 0 Å². The molecule has 0 aromatic heterocycles. The van der Waals surface area contributed by atoms with E-state index in [4.69, 9.17) is 9.47 Å². The highest BCUT2D eigenvalue weighted by atomic mass is 16.5. The van der Waals surface area contributed by atoms with E-state index in [2.05, 4.69) is 34.5 Å². The third-order valence-corrected chi connectivity index (χ3v) is 5.44. The SMILES string of the molecule is COC(=O)c1ccccc1NC(Cc1ccc(OCCc2ccc(N(C)C)cc2)cc1)C(=O)O. The summed E-state index contributed by atoms with van der Waals surface area (Å²) in [6.45, 7) is 0.546. The molecule has 1 atom stereocenters. The number of ether oxygens (including phenoxy) is 2. The number of aliphatic carboxylic acids is 1. The fraction of sp³-hybridized carbons (Fsp3) is 0.259. The maximum Gasteiger partial charge on any atom is 0.339 e. The molecule has 34 heavy (non-hydrogen) atoms. The maximum absolute atomic E-state index is 12.0. The molecule has 7 nitrogen and oxygen atoms in total. The maximum atomic E-state index is 12.0. The zero-order valence-electron chi connectivity index (χ0n) is 19.7. The monoisotopic (exact) mass is 462 g/mol. The molecule has 1 unspecified atom stereocenters. The van der Waals surface area contributed by atoms with Gasteiger partial charge in [-0.3, -0.25) is 0 Å². The van der Waals surface area contributed by atoms with Crippen molar-refractivity contribution >= 4 is 23.3 Å². The van der Waals surface area contributed by atoms with Crippen molar-refractivity contribution in [2.75, 3.05) is 38.0 Å².